The van der Waals surface area contributed by atoms with Gasteiger partial charge in [-0.25, -0.2) is 0 Å². The normalized spacial score (nSPS) is 10.1. The minimum absolute atomic E-state index is 0.130. The second kappa shape index (κ2) is 4.18. The van der Waals surface area contributed by atoms with E-state index < -0.39 is 0 Å². The number of benzene rings is 1. The molecule has 0 aliphatic heterocycles. The molecule has 2 rings (SSSR count). The zero-order chi connectivity index (χ0) is 11.5. The van der Waals surface area contributed by atoms with E-state index in [4.69, 9.17) is 0 Å². The van der Waals surface area contributed by atoms with Crippen LogP contribution in [0.5, 0.6) is 0 Å². The molecular weight excluding hydrogens is 202 g/mol. The van der Waals surface area contributed by atoms with Crippen LogP contribution < -0.4 is 5.32 Å². The summed E-state index contributed by atoms with van der Waals surface area (Å²) in [7, 11) is 0. The third-order valence-electron chi connectivity index (χ3n) is 2.39. The zero-order valence-corrected chi connectivity index (χ0v) is 9.24. The lowest BCUT2D eigenvalue weighted by atomic mass is 10.2. The number of nitrogens with one attached hydrogen (secondary N) is 2. The van der Waals surface area contributed by atoms with Gasteiger partial charge in [-0.1, -0.05) is 18.2 Å². The standard InChI is InChI=1S/C12H13N3O/c1-8-11(9(2)15-14-8)12(16)13-10-6-4-3-5-7-10/h3-7H,1-2H3,(H,13,16)(H,14,15). The van der Waals surface area contributed by atoms with Crippen molar-refractivity contribution in [2.24, 2.45) is 0 Å². The third-order valence-corrected chi connectivity index (χ3v) is 2.39. The minimum atomic E-state index is -0.130. The number of amides is 1. The van der Waals surface area contributed by atoms with Crippen LogP contribution in [-0.4, -0.2) is 16.1 Å². The Balaban J connectivity index is 2.22. The molecular formula is C12H13N3O. The van der Waals surface area contributed by atoms with Crippen molar-refractivity contribution in [1.82, 2.24) is 10.2 Å². The summed E-state index contributed by atoms with van der Waals surface area (Å²) in [5.41, 5.74) is 2.90. The monoisotopic (exact) mass is 215 g/mol. The maximum Gasteiger partial charge on any atom is 0.259 e. The topological polar surface area (TPSA) is 57.8 Å². The van der Waals surface area contributed by atoms with Gasteiger partial charge in [0, 0.05) is 11.4 Å². The van der Waals surface area contributed by atoms with E-state index in [1.165, 1.54) is 0 Å². The van der Waals surface area contributed by atoms with Gasteiger partial charge in [-0.3, -0.25) is 9.89 Å². The number of hydrogen-bond donors (Lipinski definition) is 2. The van der Waals surface area contributed by atoms with Crippen molar-refractivity contribution < 1.29 is 4.79 Å². The van der Waals surface area contributed by atoms with Gasteiger partial charge in [0.05, 0.1) is 11.3 Å². The summed E-state index contributed by atoms with van der Waals surface area (Å²) in [5.74, 6) is -0.130. The Morgan fingerprint density at radius 3 is 2.50 bits per heavy atom. The van der Waals surface area contributed by atoms with E-state index in [1.807, 2.05) is 44.2 Å². The van der Waals surface area contributed by atoms with Gasteiger partial charge < -0.3 is 5.32 Å². The van der Waals surface area contributed by atoms with Crippen molar-refractivity contribution in [2.75, 3.05) is 5.32 Å². The van der Waals surface area contributed by atoms with Crippen LogP contribution in [0.2, 0.25) is 0 Å². The summed E-state index contributed by atoms with van der Waals surface area (Å²) in [6.45, 7) is 3.64. The highest BCUT2D eigenvalue weighted by Crippen LogP contribution is 2.13. The number of carbonyl (C=O) groups is 1. The minimum Gasteiger partial charge on any atom is -0.322 e. The van der Waals surface area contributed by atoms with Crippen LogP contribution in [-0.2, 0) is 0 Å². The van der Waals surface area contributed by atoms with Crippen LogP contribution in [0, 0.1) is 13.8 Å². The molecule has 1 amide bonds. The highest BCUT2D eigenvalue weighted by Gasteiger charge is 2.14. The molecule has 0 aliphatic rings. The van der Waals surface area contributed by atoms with E-state index in [9.17, 15) is 4.79 Å². The summed E-state index contributed by atoms with van der Waals surface area (Å²) in [4.78, 5) is 11.9. The fourth-order valence-electron chi connectivity index (χ4n) is 1.60. The average Bonchev–Trinajstić information content (AvgIpc) is 2.60. The number of anilines is 1. The number of nitrogens with zero attached hydrogens (tertiary/aromatic N) is 1. The Hall–Kier alpha value is -2.10. The Morgan fingerprint density at radius 2 is 1.94 bits per heavy atom. The molecule has 1 heterocycles. The molecule has 0 bridgehead atoms. The molecule has 2 aromatic rings. The number of aromatic amines is 1. The first-order valence-electron chi connectivity index (χ1n) is 5.06. The summed E-state index contributed by atoms with van der Waals surface area (Å²) >= 11 is 0. The number of aromatic nitrogens is 2. The Morgan fingerprint density at radius 1 is 1.25 bits per heavy atom. The number of hydrogen-bond acceptors (Lipinski definition) is 2. The first kappa shape index (κ1) is 10.4. The molecule has 1 aromatic heterocycles. The lowest BCUT2D eigenvalue weighted by Crippen LogP contribution is -2.13. The smallest absolute Gasteiger partial charge is 0.259 e. The predicted molar refractivity (Wildman–Crippen MR) is 62.5 cm³/mol. The average molecular weight is 215 g/mol. The summed E-state index contributed by atoms with van der Waals surface area (Å²) < 4.78 is 0. The summed E-state index contributed by atoms with van der Waals surface area (Å²) in [5, 5.41) is 9.61. The molecule has 0 atom stereocenters. The van der Waals surface area contributed by atoms with Gasteiger partial charge in [0.2, 0.25) is 0 Å². The Kier molecular flexibility index (Phi) is 2.72. The Labute approximate surface area is 93.7 Å². The first-order chi connectivity index (χ1) is 7.68. The third kappa shape index (κ3) is 1.95. The highest BCUT2D eigenvalue weighted by atomic mass is 16.1. The molecule has 1 aromatic carbocycles. The van der Waals surface area contributed by atoms with Crippen LogP contribution in [0.1, 0.15) is 21.7 Å². The van der Waals surface area contributed by atoms with Gasteiger partial charge in [-0.05, 0) is 26.0 Å². The largest absolute Gasteiger partial charge is 0.322 e. The molecule has 0 radical (unpaired) electrons. The second-order valence-electron chi connectivity index (χ2n) is 3.63. The molecule has 0 unspecified atom stereocenters. The fourth-order valence-corrected chi connectivity index (χ4v) is 1.60. The van der Waals surface area contributed by atoms with E-state index in [1.54, 1.807) is 0 Å². The van der Waals surface area contributed by atoms with Crippen LogP contribution >= 0.6 is 0 Å². The van der Waals surface area contributed by atoms with Crippen LogP contribution in [0.15, 0.2) is 30.3 Å². The summed E-state index contributed by atoms with van der Waals surface area (Å²) in [6.07, 6.45) is 0. The van der Waals surface area contributed by atoms with Crippen molar-refractivity contribution in [3.63, 3.8) is 0 Å². The van der Waals surface area contributed by atoms with E-state index >= 15 is 0 Å². The Bertz CT molecular complexity index is 483. The lowest BCUT2D eigenvalue weighted by molar-refractivity contribution is 0.102. The predicted octanol–water partition coefficient (Wildman–Crippen LogP) is 2.28. The van der Waals surface area contributed by atoms with Crippen LogP contribution in [0.4, 0.5) is 5.69 Å². The van der Waals surface area contributed by atoms with Gasteiger partial charge in [-0.2, -0.15) is 5.10 Å². The molecule has 4 nitrogen and oxygen atoms in total. The van der Waals surface area contributed by atoms with E-state index in [-0.39, 0.29) is 5.91 Å². The highest BCUT2D eigenvalue weighted by molar-refractivity contribution is 6.05. The van der Waals surface area contributed by atoms with Gasteiger partial charge in [-0.15, -0.1) is 0 Å². The van der Waals surface area contributed by atoms with Crippen LogP contribution in [0.3, 0.4) is 0 Å². The van der Waals surface area contributed by atoms with Crippen molar-refractivity contribution in [3.8, 4) is 0 Å². The molecule has 0 spiro atoms. The SMILES string of the molecule is Cc1n[nH]c(C)c1C(=O)Nc1ccccc1. The summed E-state index contributed by atoms with van der Waals surface area (Å²) in [6, 6.07) is 9.37. The molecule has 0 aliphatic carbocycles. The molecule has 0 saturated heterocycles. The van der Waals surface area contributed by atoms with Crippen molar-refractivity contribution in [2.45, 2.75) is 13.8 Å². The van der Waals surface area contributed by atoms with Crippen molar-refractivity contribution in [3.05, 3.63) is 47.3 Å². The molecule has 0 saturated carbocycles. The van der Waals surface area contributed by atoms with Crippen LogP contribution in [0.25, 0.3) is 0 Å². The molecule has 82 valence electrons. The van der Waals surface area contributed by atoms with Gasteiger partial charge in [0.15, 0.2) is 0 Å². The maximum absolute atomic E-state index is 11.9. The van der Waals surface area contributed by atoms with Gasteiger partial charge in [0.1, 0.15) is 0 Å². The quantitative estimate of drug-likeness (QED) is 0.807. The van der Waals surface area contributed by atoms with Gasteiger partial charge >= 0.3 is 0 Å². The van der Waals surface area contributed by atoms with E-state index in [2.05, 4.69) is 15.5 Å². The van der Waals surface area contributed by atoms with Crippen molar-refractivity contribution >= 4 is 11.6 Å². The van der Waals surface area contributed by atoms with E-state index in [0.717, 1.165) is 11.4 Å². The fraction of sp³-hybridized carbons (Fsp3) is 0.167. The number of carbonyl (C=O) groups excluding carboxylic acids is 1. The molecule has 2 N–H and O–H groups in total. The van der Waals surface area contributed by atoms with Gasteiger partial charge in [0.25, 0.3) is 5.91 Å². The molecule has 16 heavy (non-hydrogen) atoms. The maximum atomic E-state index is 11.9. The first-order valence-corrected chi connectivity index (χ1v) is 5.06. The molecule has 0 fully saturated rings. The number of rotatable bonds is 2. The number of H-pyrrole nitrogens is 1. The number of aryl methyl sites for hydroxylation is 2. The van der Waals surface area contributed by atoms with Crippen molar-refractivity contribution in [1.29, 1.82) is 0 Å². The zero-order valence-electron chi connectivity index (χ0n) is 9.24. The molecule has 4 heteroatoms. The number of para-hydroxylation sites is 1. The lowest BCUT2D eigenvalue weighted by Gasteiger charge is -2.04. The van der Waals surface area contributed by atoms with E-state index in [0.29, 0.717) is 11.3 Å². The second-order valence-corrected chi connectivity index (χ2v) is 3.63.